The van der Waals surface area contributed by atoms with Gasteiger partial charge in [0.05, 0.1) is 16.7 Å². The zero-order valence-corrected chi connectivity index (χ0v) is 19.1. The first-order valence-electron chi connectivity index (χ1n) is 9.92. The lowest BCUT2D eigenvalue weighted by Crippen LogP contribution is -2.13. The third kappa shape index (κ3) is 6.72. The van der Waals surface area contributed by atoms with Crippen molar-refractivity contribution >= 4 is 40.9 Å². The molecule has 5 nitrogen and oxygen atoms in total. The fraction of sp³-hybridized carbons (Fsp3) is 0.120. The van der Waals surface area contributed by atoms with Crippen LogP contribution in [0.2, 0.25) is 10.0 Å². The lowest BCUT2D eigenvalue weighted by atomic mass is 10.1. The molecular formula is C25H19Cl2FN2O3. The fourth-order valence-corrected chi connectivity index (χ4v) is 3.18. The molecule has 0 aliphatic rings. The van der Waals surface area contributed by atoms with Crippen LogP contribution in [-0.2, 0) is 11.4 Å². The number of rotatable bonds is 8. The monoisotopic (exact) mass is 484 g/mol. The Hall–Kier alpha value is -3.53. The van der Waals surface area contributed by atoms with Crippen LogP contribution in [0.4, 0.5) is 10.1 Å². The molecule has 0 atom stereocenters. The molecule has 0 bridgehead atoms. The predicted molar refractivity (Wildman–Crippen MR) is 127 cm³/mol. The highest BCUT2D eigenvalue weighted by Gasteiger charge is 2.12. The quantitative estimate of drug-likeness (QED) is 0.286. The van der Waals surface area contributed by atoms with E-state index in [1.165, 1.54) is 24.3 Å². The third-order valence-corrected chi connectivity index (χ3v) is 5.14. The molecule has 0 aromatic heterocycles. The van der Waals surface area contributed by atoms with Crippen molar-refractivity contribution in [3.05, 3.63) is 93.2 Å². The van der Waals surface area contributed by atoms with E-state index in [1.54, 1.807) is 42.5 Å². The maximum Gasteiger partial charge on any atom is 0.266 e. The first kappa shape index (κ1) is 24.1. The normalized spacial score (nSPS) is 10.9. The molecule has 0 unspecified atom stereocenters. The SMILES string of the molecule is CCOc1cc(/C=C(\C#N)C(=O)Nc2ccc(Cl)c(Cl)c2)ccc1OCc1cccc(F)c1. The molecule has 0 radical (unpaired) electrons. The van der Waals surface area contributed by atoms with E-state index in [0.717, 1.165) is 0 Å². The number of carbonyl (C=O) groups is 1. The van der Waals surface area contributed by atoms with Crippen molar-refractivity contribution in [1.82, 2.24) is 0 Å². The Bertz CT molecular complexity index is 1240. The van der Waals surface area contributed by atoms with Crippen LogP contribution < -0.4 is 14.8 Å². The number of ether oxygens (including phenoxy) is 2. The fourth-order valence-electron chi connectivity index (χ4n) is 2.88. The highest BCUT2D eigenvalue weighted by Crippen LogP contribution is 2.30. The summed E-state index contributed by atoms with van der Waals surface area (Å²) in [7, 11) is 0. The lowest BCUT2D eigenvalue weighted by Gasteiger charge is -2.13. The number of amides is 1. The second-order valence-electron chi connectivity index (χ2n) is 6.81. The van der Waals surface area contributed by atoms with Crippen LogP contribution in [-0.4, -0.2) is 12.5 Å². The van der Waals surface area contributed by atoms with Gasteiger partial charge in [-0.05, 0) is 66.6 Å². The molecular weight excluding hydrogens is 466 g/mol. The number of nitriles is 1. The van der Waals surface area contributed by atoms with Gasteiger partial charge in [-0.15, -0.1) is 0 Å². The van der Waals surface area contributed by atoms with Gasteiger partial charge in [-0.1, -0.05) is 41.4 Å². The van der Waals surface area contributed by atoms with Gasteiger partial charge in [-0.3, -0.25) is 4.79 Å². The van der Waals surface area contributed by atoms with Crippen LogP contribution in [0.3, 0.4) is 0 Å². The summed E-state index contributed by atoms with van der Waals surface area (Å²) in [6.07, 6.45) is 1.44. The molecule has 3 aromatic carbocycles. The molecule has 1 N–H and O–H groups in total. The van der Waals surface area contributed by atoms with E-state index >= 15 is 0 Å². The third-order valence-electron chi connectivity index (χ3n) is 4.40. The molecule has 0 fully saturated rings. The molecule has 8 heteroatoms. The van der Waals surface area contributed by atoms with E-state index in [0.29, 0.717) is 39.9 Å². The lowest BCUT2D eigenvalue weighted by molar-refractivity contribution is -0.112. The van der Waals surface area contributed by atoms with Crippen LogP contribution in [0, 0.1) is 17.1 Å². The molecule has 0 spiro atoms. The Morgan fingerprint density at radius 3 is 2.58 bits per heavy atom. The van der Waals surface area contributed by atoms with E-state index in [9.17, 15) is 14.4 Å². The van der Waals surface area contributed by atoms with E-state index < -0.39 is 5.91 Å². The zero-order valence-electron chi connectivity index (χ0n) is 17.6. The zero-order chi connectivity index (χ0) is 23.8. The molecule has 33 heavy (non-hydrogen) atoms. The number of anilines is 1. The average molecular weight is 485 g/mol. The highest BCUT2D eigenvalue weighted by molar-refractivity contribution is 6.42. The van der Waals surface area contributed by atoms with Crippen molar-refractivity contribution in [2.45, 2.75) is 13.5 Å². The molecule has 168 valence electrons. The first-order chi connectivity index (χ1) is 15.9. The largest absolute Gasteiger partial charge is 0.490 e. The number of benzene rings is 3. The van der Waals surface area contributed by atoms with Gasteiger partial charge >= 0.3 is 0 Å². The van der Waals surface area contributed by atoms with Crippen molar-refractivity contribution in [3.8, 4) is 17.6 Å². The molecule has 0 heterocycles. The summed E-state index contributed by atoms with van der Waals surface area (Å²) < 4.78 is 24.8. The van der Waals surface area contributed by atoms with Crippen LogP contribution in [0.1, 0.15) is 18.1 Å². The van der Waals surface area contributed by atoms with Gasteiger partial charge < -0.3 is 14.8 Å². The maximum absolute atomic E-state index is 13.4. The van der Waals surface area contributed by atoms with Gasteiger partial charge in [0, 0.05) is 5.69 Å². The van der Waals surface area contributed by atoms with E-state index in [2.05, 4.69) is 5.32 Å². The topological polar surface area (TPSA) is 71.3 Å². The molecule has 3 aromatic rings. The molecule has 0 saturated heterocycles. The minimum Gasteiger partial charge on any atom is -0.490 e. The van der Waals surface area contributed by atoms with Crippen molar-refractivity contribution in [2.75, 3.05) is 11.9 Å². The second-order valence-corrected chi connectivity index (χ2v) is 7.63. The minimum atomic E-state index is -0.597. The number of hydrogen-bond acceptors (Lipinski definition) is 4. The van der Waals surface area contributed by atoms with Gasteiger partial charge in [0.15, 0.2) is 11.5 Å². The van der Waals surface area contributed by atoms with E-state index in [1.807, 2.05) is 13.0 Å². The van der Waals surface area contributed by atoms with Crippen molar-refractivity contribution < 1.29 is 18.7 Å². The van der Waals surface area contributed by atoms with Crippen LogP contribution in [0.25, 0.3) is 6.08 Å². The van der Waals surface area contributed by atoms with Crippen LogP contribution in [0.5, 0.6) is 11.5 Å². The van der Waals surface area contributed by atoms with Crippen LogP contribution >= 0.6 is 23.2 Å². The predicted octanol–water partition coefficient (Wildman–Crippen LogP) is 6.66. The molecule has 0 aliphatic carbocycles. The Kier molecular flexibility index (Phi) is 8.31. The standard InChI is InChI=1S/C25H19Cl2FN2O3/c1-2-32-24-12-16(6-9-23(24)33-15-17-4-3-5-19(28)11-17)10-18(14-29)25(31)30-20-7-8-21(26)22(27)13-20/h3-13H,2,15H2,1H3,(H,30,31)/b18-10+. The molecule has 0 saturated carbocycles. The Labute approximate surface area is 201 Å². The summed E-state index contributed by atoms with van der Waals surface area (Å²) in [6, 6.07) is 17.7. The van der Waals surface area contributed by atoms with Crippen molar-refractivity contribution in [1.29, 1.82) is 5.26 Å². The number of nitrogens with one attached hydrogen (secondary N) is 1. The maximum atomic E-state index is 13.4. The van der Waals surface area contributed by atoms with Gasteiger partial charge in [0.25, 0.3) is 5.91 Å². The number of halogens is 3. The highest BCUT2D eigenvalue weighted by atomic mass is 35.5. The summed E-state index contributed by atoms with van der Waals surface area (Å²) in [6.45, 7) is 2.36. The minimum absolute atomic E-state index is 0.114. The van der Waals surface area contributed by atoms with Gasteiger partial charge in [-0.2, -0.15) is 5.26 Å². The van der Waals surface area contributed by atoms with Crippen LogP contribution in [0.15, 0.2) is 66.2 Å². The Morgan fingerprint density at radius 1 is 1.06 bits per heavy atom. The second kappa shape index (κ2) is 11.4. The summed E-state index contributed by atoms with van der Waals surface area (Å²) >= 11 is 11.9. The van der Waals surface area contributed by atoms with E-state index in [-0.39, 0.29) is 23.0 Å². The van der Waals surface area contributed by atoms with Crippen molar-refractivity contribution in [2.24, 2.45) is 0 Å². The first-order valence-corrected chi connectivity index (χ1v) is 10.7. The van der Waals surface area contributed by atoms with Gasteiger partial charge in [-0.25, -0.2) is 4.39 Å². The number of nitrogens with zero attached hydrogens (tertiary/aromatic N) is 1. The number of hydrogen-bond donors (Lipinski definition) is 1. The van der Waals surface area contributed by atoms with Gasteiger partial charge in [0.1, 0.15) is 24.1 Å². The molecule has 0 aliphatic heterocycles. The van der Waals surface area contributed by atoms with Crippen molar-refractivity contribution in [3.63, 3.8) is 0 Å². The number of carbonyl (C=O) groups excluding carboxylic acids is 1. The average Bonchev–Trinajstić information content (AvgIpc) is 2.79. The van der Waals surface area contributed by atoms with Gasteiger partial charge in [0.2, 0.25) is 0 Å². The summed E-state index contributed by atoms with van der Waals surface area (Å²) in [5.74, 6) is -0.0491. The van der Waals surface area contributed by atoms with E-state index in [4.69, 9.17) is 32.7 Å². The summed E-state index contributed by atoms with van der Waals surface area (Å²) in [4.78, 5) is 12.5. The molecule has 3 rings (SSSR count). The smallest absolute Gasteiger partial charge is 0.266 e. The summed E-state index contributed by atoms with van der Waals surface area (Å²) in [5.41, 5.74) is 1.54. The Morgan fingerprint density at radius 2 is 1.88 bits per heavy atom. The Balaban J connectivity index is 1.78. The molecule has 1 amide bonds. The summed E-state index contributed by atoms with van der Waals surface area (Å²) in [5, 5.41) is 12.7.